The Balaban J connectivity index is 2.22. The van der Waals surface area contributed by atoms with Crippen molar-refractivity contribution in [2.75, 3.05) is 13.1 Å². The Bertz CT molecular complexity index is 182. The van der Waals surface area contributed by atoms with Crippen molar-refractivity contribution in [2.24, 2.45) is 22.5 Å². The van der Waals surface area contributed by atoms with Crippen LogP contribution in [0.2, 0.25) is 0 Å². The Labute approximate surface area is 88.6 Å². The molecule has 84 valence electrons. The Morgan fingerprint density at radius 1 is 1.21 bits per heavy atom. The average Bonchev–Trinajstić information content (AvgIpc) is 2.47. The molecule has 1 fully saturated rings. The van der Waals surface area contributed by atoms with Crippen molar-refractivity contribution in [1.82, 2.24) is 5.32 Å². The first-order chi connectivity index (χ1) is 6.34. The molecule has 1 saturated carbocycles. The molecule has 1 aliphatic rings. The molecule has 0 heterocycles. The lowest BCUT2D eigenvalue weighted by molar-refractivity contribution is 0.457. The second kappa shape index (κ2) is 3.82. The molecule has 0 aliphatic heterocycles. The van der Waals surface area contributed by atoms with E-state index in [1.165, 1.54) is 0 Å². The second-order valence-corrected chi connectivity index (χ2v) is 5.82. The highest BCUT2D eigenvalue weighted by molar-refractivity contribution is 5.12. The number of hydrogen-bond acceptors (Lipinski definition) is 2. The van der Waals surface area contributed by atoms with Crippen molar-refractivity contribution in [3.63, 3.8) is 0 Å². The number of rotatable bonds is 5. The first-order valence-corrected chi connectivity index (χ1v) is 5.80. The lowest BCUT2D eigenvalue weighted by Crippen LogP contribution is -2.34. The predicted molar refractivity (Wildman–Crippen MR) is 62.2 cm³/mol. The van der Waals surface area contributed by atoms with Gasteiger partial charge in [0, 0.05) is 12.6 Å². The molecule has 0 aromatic heterocycles. The van der Waals surface area contributed by atoms with Gasteiger partial charge in [0.1, 0.15) is 0 Å². The van der Waals surface area contributed by atoms with Gasteiger partial charge in [-0.1, -0.05) is 34.6 Å². The minimum absolute atomic E-state index is 0.319. The Morgan fingerprint density at radius 2 is 1.71 bits per heavy atom. The van der Waals surface area contributed by atoms with Crippen LogP contribution in [0, 0.1) is 16.7 Å². The van der Waals surface area contributed by atoms with Crippen molar-refractivity contribution in [3.8, 4) is 0 Å². The summed E-state index contributed by atoms with van der Waals surface area (Å²) in [6.07, 6.45) is 1.06. The van der Waals surface area contributed by atoms with Crippen molar-refractivity contribution >= 4 is 0 Å². The van der Waals surface area contributed by atoms with Crippen molar-refractivity contribution in [3.05, 3.63) is 0 Å². The standard InChI is InChI=1S/C12H26N2/c1-6-9(13)7-14-8-10-11(2,3)12(10,4)5/h9-10,14H,6-8,13H2,1-5H3. The molecule has 2 nitrogen and oxygen atoms in total. The van der Waals surface area contributed by atoms with Gasteiger partial charge in [0.25, 0.3) is 0 Å². The maximum atomic E-state index is 5.85. The fraction of sp³-hybridized carbons (Fsp3) is 1.00. The minimum atomic E-state index is 0.319. The van der Waals surface area contributed by atoms with Crippen LogP contribution >= 0.6 is 0 Å². The molecule has 0 bridgehead atoms. The van der Waals surface area contributed by atoms with Gasteiger partial charge in [-0.15, -0.1) is 0 Å². The van der Waals surface area contributed by atoms with Crippen LogP contribution in [0.5, 0.6) is 0 Å². The smallest absolute Gasteiger partial charge is 0.0162 e. The highest BCUT2D eigenvalue weighted by Gasteiger charge is 2.63. The van der Waals surface area contributed by atoms with Gasteiger partial charge in [0.05, 0.1) is 0 Å². The minimum Gasteiger partial charge on any atom is -0.327 e. The molecule has 0 amide bonds. The van der Waals surface area contributed by atoms with E-state index in [2.05, 4.69) is 39.9 Å². The van der Waals surface area contributed by atoms with Crippen LogP contribution in [-0.2, 0) is 0 Å². The third-order valence-electron chi connectivity index (χ3n) is 4.60. The molecule has 1 unspecified atom stereocenters. The van der Waals surface area contributed by atoms with Crippen LogP contribution in [0.3, 0.4) is 0 Å². The number of nitrogens with two attached hydrogens (primary N) is 1. The third kappa shape index (κ3) is 1.96. The van der Waals surface area contributed by atoms with E-state index in [0.29, 0.717) is 16.9 Å². The highest BCUT2D eigenvalue weighted by atomic mass is 14.9. The van der Waals surface area contributed by atoms with Gasteiger partial charge in [0.15, 0.2) is 0 Å². The molecule has 1 aliphatic carbocycles. The molecule has 0 saturated heterocycles. The summed E-state index contributed by atoms with van der Waals surface area (Å²) in [7, 11) is 0. The first kappa shape index (κ1) is 12.0. The molecular weight excluding hydrogens is 172 g/mol. The van der Waals surface area contributed by atoms with E-state index >= 15 is 0 Å². The van der Waals surface area contributed by atoms with Crippen molar-refractivity contribution in [2.45, 2.75) is 47.1 Å². The number of hydrogen-bond donors (Lipinski definition) is 2. The monoisotopic (exact) mass is 198 g/mol. The fourth-order valence-corrected chi connectivity index (χ4v) is 2.40. The van der Waals surface area contributed by atoms with E-state index in [4.69, 9.17) is 5.73 Å². The Kier molecular flexibility index (Phi) is 3.27. The molecule has 2 heteroatoms. The van der Waals surface area contributed by atoms with Gasteiger partial charge in [0.2, 0.25) is 0 Å². The predicted octanol–water partition coefficient (Wildman–Crippen LogP) is 2.00. The summed E-state index contributed by atoms with van der Waals surface area (Å²) < 4.78 is 0. The molecular formula is C12H26N2. The van der Waals surface area contributed by atoms with E-state index in [9.17, 15) is 0 Å². The van der Waals surface area contributed by atoms with E-state index in [-0.39, 0.29) is 0 Å². The van der Waals surface area contributed by atoms with Gasteiger partial charge in [-0.05, 0) is 29.7 Å². The van der Waals surface area contributed by atoms with E-state index < -0.39 is 0 Å². The van der Waals surface area contributed by atoms with Crippen LogP contribution < -0.4 is 11.1 Å². The molecule has 3 N–H and O–H groups in total. The van der Waals surface area contributed by atoms with Crippen molar-refractivity contribution in [1.29, 1.82) is 0 Å². The topological polar surface area (TPSA) is 38.0 Å². The third-order valence-corrected chi connectivity index (χ3v) is 4.60. The van der Waals surface area contributed by atoms with Crippen LogP contribution in [0.1, 0.15) is 41.0 Å². The zero-order valence-corrected chi connectivity index (χ0v) is 10.4. The summed E-state index contributed by atoms with van der Waals surface area (Å²) in [5, 5.41) is 3.48. The van der Waals surface area contributed by atoms with E-state index in [1.54, 1.807) is 0 Å². The van der Waals surface area contributed by atoms with E-state index in [0.717, 1.165) is 25.4 Å². The summed E-state index contributed by atoms with van der Waals surface area (Å²) in [5.41, 5.74) is 6.84. The first-order valence-electron chi connectivity index (χ1n) is 5.80. The Hall–Kier alpha value is -0.0800. The van der Waals surface area contributed by atoms with Gasteiger partial charge in [-0.2, -0.15) is 0 Å². The largest absolute Gasteiger partial charge is 0.327 e. The summed E-state index contributed by atoms with van der Waals surface area (Å²) >= 11 is 0. The van der Waals surface area contributed by atoms with Crippen LogP contribution in [0.15, 0.2) is 0 Å². The van der Waals surface area contributed by atoms with Gasteiger partial charge in [-0.3, -0.25) is 0 Å². The van der Waals surface area contributed by atoms with E-state index in [1.807, 2.05) is 0 Å². The second-order valence-electron chi connectivity index (χ2n) is 5.82. The lowest BCUT2D eigenvalue weighted by atomic mass is 10.0. The van der Waals surface area contributed by atoms with Crippen LogP contribution in [0.25, 0.3) is 0 Å². The summed E-state index contributed by atoms with van der Waals surface area (Å²) in [4.78, 5) is 0. The molecule has 1 rings (SSSR count). The number of nitrogens with one attached hydrogen (secondary N) is 1. The van der Waals surface area contributed by atoms with Gasteiger partial charge in [-0.25, -0.2) is 0 Å². The molecule has 0 aromatic carbocycles. The zero-order chi connectivity index (χ0) is 11.0. The molecule has 0 spiro atoms. The maximum absolute atomic E-state index is 5.85. The normalized spacial score (nSPS) is 26.1. The van der Waals surface area contributed by atoms with Crippen LogP contribution in [-0.4, -0.2) is 19.1 Å². The fourth-order valence-electron chi connectivity index (χ4n) is 2.40. The quantitative estimate of drug-likeness (QED) is 0.709. The summed E-state index contributed by atoms with van der Waals surface area (Å²) in [6, 6.07) is 0.319. The van der Waals surface area contributed by atoms with Crippen LogP contribution in [0.4, 0.5) is 0 Å². The van der Waals surface area contributed by atoms with Gasteiger partial charge < -0.3 is 11.1 Å². The van der Waals surface area contributed by atoms with Gasteiger partial charge >= 0.3 is 0 Å². The lowest BCUT2D eigenvalue weighted by Gasteiger charge is -2.10. The summed E-state index contributed by atoms with van der Waals surface area (Å²) in [6.45, 7) is 13.7. The average molecular weight is 198 g/mol. The molecule has 1 atom stereocenters. The Morgan fingerprint density at radius 3 is 2.07 bits per heavy atom. The molecule has 0 radical (unpaired) electrons. The maximum Gasteiger partial charge on any atom is 0.0162 e. The molecule has 14 heavy (non-hydrogen) atoms. The summed E-state index contributed by atoms with van der Waals surface area (Å²) in [5.74, 6) is 0.805. The SMILES string of the molecule is CCC(N)CNCC1C(C)(C)C1(C)C. The highest BCUT2D eigenvalue weighted by Crippen LogP contribution is 2.67. The van der Waals surface area contributed by atoms with Crippen molar-refractivity contribution < 1.29 is 0 Å². The zero-order valence-electron chi connectivity index (χ0n) is 10.4. The molecule has 0 aromatic rings.